The summed E-state index contributed by atoms with van der Waals surface area (Å²) < 4.78 is 1.87. The average Bonchev–Trinajstić information content (AvgIpc) is 3.28. The summed E-state index contributed by atoms with van der Waals surface area (Å²) in [6.07, 6.45) is 4.28. The highest BCUT2D eigenvalue weighted by Crippen LogP contribution is 2.38. The van der Waals surface area contributed by atoms with Crippen LogP contribution in [0.5, 0.6) is 0 Å². The lowest BCUT2D eigenvalue weighted by atomic mass is 10.1. The van der Waals surface area contributed by atoms with Gasteiger partial charge in [0.1, 0.15) is 5.82 Å². The predicted molar refractivity (Wildman–Crippen MR) is 81.7 cm³/mol. The molecule has 1 saturated carbocycles. The topological polar surface area (TPSA) is 75.4 Å². The molecule has 3 heterocycles. The molecule has 4 rings (SSSR count). The van der Waals surface area contributed by atoms with Gasteiger partial charge in [0.15, 0.2) is 11.5 Å². The summed E-state index contributed by atoms with van der Waals surface area (Å²) in [5.74, 6) is 2.52. The molecular formula is C15H20N6O. The van der Waals surface area contributed by atoms with Crippen LogP contribution in [0.3, 0.4) is 0 Å². The van der Waals surface area contributed by atoms with Gasteiger partial charge in [0.25, 0.3) is 0 Å². The van der Waals surface area contributed by atoms with Crippen molar-refractivity contribution in [3.63, 3.8) is 0 Å². The van der Waals surface area contributed by atoms with Crippen LogP contribution >= 0.6 is 0 Å². The van der Waals surface area contributed by atoms with Crippen molar-refractivity contribution in [2.45, 2.75) is 44.6 Å². The average molecular weight is 300 g/mol. The minimum atomic E-state index is 0.163. The van der Waals surface area contributed by atoms with E-state index in [1.54, 1.807) is 6.92 Å². The van der Waals surface area contributed by atoms with Crippen LogP contribution in [-0.2, 0) is 4.79 Å². The highest BCUT2D eigenvalue weighted by atomic mass is 16.2. The van der Waals surface area contributed by atoms with Crippen LogP contribution < -0.4 is 5.32 Å². The van der Waals surface area contributed by atoms with Crippen LogP contribution in [0.1, 0.15) is 44.3 Å². The van der Waals surface area contributed by atoms with E-state index in [0.717, 1.165) is 43.2 Å². The van der Waals surface area contributed by atoms with Crippen molar-refractivity contribution in [2.75, 3.05) is 18.4 Å². The Hall–Kier alpha value is -2.18. The zero-order valence-electron chi connectivity index (χ0n) is 12.7. The molecule has 0 radical (unpaired) electrons. The molecule has 0 aromatic carbocycles. The van der Waals surface area contributed by atoms with E-state index in [1.807, 2.05) is 21.5 Å². The highest BCUT2D eigenvalue weighted by molar-refractivity contribution is 5.73. The highest BCUT2D eigenvalue weighted by Gasteiger charge is 2.29. The van der Waals surface area contributed by atoms with Crippen molar-refractivity contribution >= 4 is 17.4 Å². The molecule has 7 heteroatoms. The van der Waals surface area contributed by atoms with E-state index in [2.05, 4.69) is 20.6 Å². The van der Waals surface area contributed by atoms with Crippen LogP contribution in [0.25, 0.3) is 5.65 Å². The summed E-state index contributed by atoms with van der Waals surface area (Å²) in [4.78, 5) is 13.3. The van der Waals surface area contributed by atoms with Crippen molar-refractivity contribution < 1.29 is 4.79 Å². The monoisotopic (exact) mass is 300 g/mol. The van der Waals surface area contributed by atoms with Crippen molar-refractivity contribution in [3.8, 4) is 0 Å². The summed E-state index contributed by atoms with van der Waals surface area (Å²) in [5.41, 5.74) is 0.804. The Kier molecular flexibility index (Phi) is 3.20. The molecule has 2 aromatic heterocycles. The molecule has 0 atom stereocenters. The number of nitrogens with one attached hydrogen (secondary N) is 1. The largest absolute Gasteiger partial charge is 0.366 e. The minimum absolute atomic E-state index is 0.163. The lowest BCUT2D eigenvalue weighted by Crippen LogP contribution is -2.41. The molecule has 7 nitrogen and oxygen atoms in total. The van der Waals surface area contributed by atoms with Gasteiger partial charge in [-0.3, -0.25) is 4.79 Å². The summed E-state index contributed by atoms with van der Waals surface area (Å²) in [6.45, 7) is 3.26. The van der Waals surface area contributed by atoms with Crippen LogP contribution in [-0.4, -0.2) is 49.7 Å². The summed E-state index contributed by atoms with van der Waals surface area (Å²) in [7, 11) is 0. The van der Waals surface area contributed by atoms with Crippen LogP contribution in [0.4, 0.5) is 5.82 Å². The second kappa shape index (κ2) is 5.23. The Morgan fingerprint density at radius 1 is 1.18 bits per heavy atom. The number of aromatic nitrogens is 4. The molecule has 0 unspecified atom stereocenters. The van der Waals surface area contributed by atoms with Gasteiger partial charge in [0, 0.05) is 32.0 Å². The van der Waals surface area contributed by atoms with E-state index < -0.39 is 0 Å². The van der Waals surface area contributed by atoms with Crippen molar-refractivity contribution in [1.82, 2.24) is 24.7 Å². The van der Waals surface area contributed by atoms with Gasteiger partial charge in [-0.2, -0.15) is 4.52 Å². The molecule has 2 aliphatic rings. The first-order valence-corrected chi connectivity index (χ1v) is 7.95. The number of hydrogen-bond donors (Lipinski definition) is 1. The number of fused-ring (bicyclic) bond motifs is 1. The smallest absolute Gasteiger partial charge is 0.219 e. The Morgan fingerprint density at radius 3 is 2.64 bits per heavy atom. The molecule has 0 bridgehead atoms. The number of nitrogens with zero attached hydrogens (tertiary/aromatic N) is 5. The minimum Gasteiger partial charge on any atom is -0.366 e. The molecule has 22 heavy (non-hydrogen) atoms. The van der Waals surface area contributed by atoms with Gasteiger partial charge < -0.3 is 10.2 Å². The zero-order valence-corrected chi connectivity index (χ0v) is 12.7. The van der Waals surface area contributed by atoms with Gasteiger partial charge in [-0.25, -0.2) is 0 Å². The fraction of sp³-hybridized carbons (Fsp3) is 0.600. The quantitative estimate of drug-likeness (QED) is 0.928. The number of amides is 1. The molecule has 1 saturated heterocycles. The van der Waals surface area contributed by atoms with Gasteiger partial charge >= 0.3 is 0 Å². The number of likely N-dealkylation sites (tertiary alicyclic amines) is 1. The van der Waals surface area contributed by atoms with Gasteiger partial charge in [-0.15, -0.1) is 15.3 Å². The first kappa shape index (κ1) is 13.5. The Morgan fingerprint density at radius 2 is 1.95 bits per heavy atom. The number of rotatable bonds is 3. The van der Waals surface area contributed by atoms with Crippen LogP contribution in [0.2, 0.25) is 0 Å². The van der Waals surface area contributed by atoms with Crippen LogP contribution in [0, 0.1) is 0 Å². The van der Waals surface area contributed by atoms with E-state index in [-0.39, 0.29) is 5.91 Å². The third kappa shape index (κ3) is 2.51. The zero-order chi connectivity index (χ0) is 15.1. The fourth-order valence-corrected chi connectivity index (χ4v) is 3.03. The van der Waals surface area contributed by atoms with Gasteiger partial charge in [0.05, 0.1) is 0 Å². The maximum atomic E-state index is 11.4. The lowest BCUT2D eigenvalue weighted by molar-refractivity contribution is -0.129. The SMILES string of the molecule is CC(=O)N1CCC(Nc2ccc3nnc(C4CC4)n3n2)CC1. The van der Waals surface area contributed by atoms with Crippen LogP contribution in [0.15, 0.2) is 12.1 Å². The molecule has 1 amide bonds. The van der Waals surface area contributed by atoms with E-state index in [4.69, 9.17) is 0 Å². The molecule has 116 valence electrons. The molecule has 1 aliphatic carbocycles. The third-order valence-corrected chi connectivity index (χ3v) is 4.52. The number of carbonyl (C=O) groups excluding carboxylic acids is 1. The molecule has 1 N–H and O–H groups in total. The first-order chi connectivity index (χ1) is 10.7. The van der Waals surface area contributed by atoms with Gasteiger partial charge in [0.2, 0.25) is 5.91 Å². The summed E-state index contributed by atoms with van der Waals surface area (Å²) in [5, 5.41) is 16.6. The van der Waals surface area contributed by atoms with E-state index >= 15 is 0 Å². The lowest BCUT2D eigenvalue weighted by Gasteiger charge is -2.31. The maximum Gasteiger partial charge on any atom is 0.219 e. The maximum absolute atomic E-state index is 11.4. The van der Waals surface area contributed by atoms with Gasteiger partial charge in [-0.05, 0) is 37.8 Å². The summed E-state index contributed by atoms with van der Waals surface area (Å²) in [6, 6.07) is 4.28. The van der Waals surface area contributed by atoms with Crippen molar-refractivity contribution in [3.05, 3.63) is 18.0 Å². The molecule has 2 fully saturated rings. The standard InChI is InChI=1S/C15H20N6O/c1-10(22)20-8-6-12(7-9-20)16-13-4-5-14-17-18-15(11-2-3-11)21(14)19-13/h4-5,11-12H,2-3,6-9H2,1H3,(H,16,19). The second-order valence-corrected chi connectivity index (χ2v) is 6.25. The Balaban J connectivity index is 1.48. The Bertz CT molecular complexity index is 699. The van der Waals surface area contributed by atoms with E-state index in [9.17, 15) is 4.79 Å². The van der Waals surface area contributed by atoms with E-state index in [1.165, 1.54) is 12.8 Å². The second-order valence-electron chi connectivity index (χ2n) is 6.25. The molecule has 0 spiro atoms. The number of piperidine rings is 1. The first-order valence-electron chi connectivity index (χ1n) is 7.95. The number of hydrogen-bond acceptors (Lipinski definition) is 5. The van der Waals surface area contributed by atoms with Crippen molar-refractivity contribution in [1.29, 1.82) is 0 Å². The number of carbonyl (C=O) groups is 1. The normalized spacial score (nSPS) is 19.6. The molecular weight excluding hydrogens is 280 g/mol. The van der Waals surface area contributed by atoms with Gasteiger partial charge in [-0.1, -0.05) is 0 Å². The third-order valence-electron chi connectivity index (χ3n) is 4.52. The fourth-order valence-electron chi connectivity index (χ4n) is 3.03. The number of anilines is 1. The molecule has 2 aromatic rings. The predicted octanol–water partition coefficient (Wildman–Crippen LogP) is 1.42. The Labute approximate surface area is 128 Å². The summed E-state index contributed by atoms with van der Waals surface area (Å²) >= 11 is 0. The molecule has 1 aliphatic heterocycles. The van der Waals surface area contributed by atoms with E-state index in [0.29, 0.717) is 12.0 Å². The van der Waals surface area contributed by atoms with Crippen molar-refractivity contribution in [2.24, 2.45) is 0 Å².